The fraction of sp³-hybridized carbons (Fsp3) is 0.286. The Morgan fingerprint density at radius 3 is 2.29 bits per heavy atom. The van der Waals surface area contributed by atoms with Gasteiger partial charge in [0, 0.05) is 17.0 Å². The topological polar surface area (TPSA) is 57.6 Å². The number of thiophene rings is 1. The first kappa shape index (κ1) is 23.9. The van der Waals surface area contributed by atoms with E-state index in [1.807, 2.05) is 43.5 Å². The second kappa shape index (κ2) is 8.84. The average Bonchev–Trinajstić information content (AvgIpc) is 3.30. The molecule has 2 aromatic carbocycles. The highest BCUT2D eigenvalue weighted by atomic mass is 32.1. The Morgan fingerprint density at radius 2 is 1.71 bits per heavy atom. The highest BCUT2D eigenvalue weighted by Crippen LogP contribution is 2.44. The Bertz CT molecular complexity index is 1300. The van der Waals surface area contributed by atoms with E-state index in [0.717, 1.165) is 21.6 Å². The number of halogens is 1. The third kappa shape index (κ3) is 4.30. The minimum atomic E-state index is -0.720. The van der Waals surface area contributed by atoms with Crippen molar-refractivity contribution >= 4 is 28.8 Å². The molecule has 2 heterocycles. The summed E-state index contributed by atoms with van der Waals surface area (Å²) in [6, 6.07) is 12.9. The van der Waals surface area contributed by atoms with Crippen molar-refractivity contribution in [2.24, 2.45) is 0 Å². The van der Waals surface area contributed by atoms with Crippen molar-refractivity contribution in [1.29, 1.82) is 0 Å². The predicted molar refractivity (Wildman–Crippen MR) is 133 cm³/mol. The molecule has 34 heavy (non-hydrogen) atoms. The minimum absolute atomic E-state index is 0.0896. The molecule has 1 amide bonds. The molecule has 3 aromatic rings. The molecular formula is C28H28FNO3S. The zero-order chi connectivity index (χ0) is 24.8. The molecule has 1 fully saturated rings. The Labute approximate surface area is 203 Å². The highest BCUT2D eigenvalue weighted by molar-refractivity contribution is 7.10. The van der Waals surface area contributed by atoms with Crippen molar-refractivity contribution in [3.8, 4) is 0 Å². The van der Waals surface area contributed by atoms with E-state index in [1.54, 1.807) is 12.1 Å². The molecule has 1 N–H and O–H groups in total. The van der Waals surface area contributed by atoms with Crippen molar-refractivity contribution in [2.75, 3.05) is 0 Å². The van der Waals surface area contributed by atoms with Crippen LogP contribution in [0.25, 0.3) is 5.76 Å². The van der Waals surface area contributed by atoms with Crippen molar-refractivity contribution in [3.63, 3.8) is 0 Å². The molecule has 0 bridgehead atoms. The summed E-state index contributed by atoms with van der Waals surface area (Å²) in [5.74, 6) is -1.92. The number of carbonyl (C=O) groups excluding carboxylic acids is 2. The molecule has 1 aromatic heterocycles. The maximum absolute atomic E-state index is 13.4. The van der Waals surface area contributed by atoms with Crippen LogP contribution in [0.5, 0.6) is 0 Å². The van der Waals surface area contributed by atoms with Crippen LogP contribution >= 0.6 is 11.3 Å². The Hall–Kier alpha value is -3.25. The Kier molecular flexibility index (Phi) is 6.21. The van der Waals surface area contributed by atoms with Gasteiger partial charge in [0.1, 0.15) is 17.6 Å². The van der Waals surface area contributed by atoms with Crippen LogP contribution < -0.4 is 0 Å². The van der Waals surface area contributed by atoms with Gasteiger partial charge in [0.05, 0.1) is 5.57 Å². The van der Waals surface area contributed by atoms with E-state index in [4.69, 9.17) is 0 Å². The summed E-state index contributed by atoms with van der Waals surface area (Å²) >= 11 is 1.44. The van der Waals surface area contributed by atoms with E-state index < -0.39 is 17.7 Å². The summed E-state index contributed by atoms with van der Waals surface area (Å²) in [4.78, 5) is 28.8. The standard InChI is InChI=1S/C28H28FNO3S/c1-16-6-9-19(28(3,4)5)14-21(16)24(31)22-23(26-17(2)12-13-34-26)30(27(33)25(22)32)15-18-7-10-20(29)11-8-18/h6-14,23,31H,15H2,1-5H3/b24-22+. The number of hydrogen-bond acceptors (Lipinski definition) is 4. The van der Waals surface area contributed by atoms with E-state index in [1.165, 1.54) is 28.4 Å². The second-order valence-corrected chi connectivity index (χ2v) is 10.7. The lowest BCUT2D eigenvalue weighted by Crippen LogP contribution is -2.29. The van der Waals surface area contributed by atoms with Crippen LogP contribution in [0.3, 0.4) is 0 Å². The van der Waals surface area contributed by atoms with Crippen molar-refractivity contribution in [3.05, 3.63) is 98.0 Å². The number of aliphatic hydroxyl groups is 1. The molecule has 0 spiro atoms. The number of rotatable bonds is 4. The van der Waals surface area contributed by atoms with Gasteiger partial charge in [0.2, 0.25) is 0 Å². The van der Waals surface area contributed by atoms with Crippen LogP contribution in [-0.4, -0.2) is 21.7 Å². The van der Waals surface area contributed by atoms with Crippen LogP contribution in [0.1, 0.15) is 59.5 Å². The van der Waals surface area contributed by atoms with Crippen LogP contribution in [0, 0.1) is 19.7 Å². The van der Waals surface area contributed by atoms with Gasteiger partial charge < -0.3 is 10.0 Å². The van der Waals surface area contributed by atoms with E-state index in [0.29, 0.717) is 11.1 Å². The first-order valence-electron chi connectivity index (χ1n) is 11.2. The van der Waals surface area contributed by atoms with Crippen molar-refractivity contribution < 1.29 is 19.1 Å². The molecule has 1 aliphatic rings. The Balaban J connectivity index is 1.89. The van der Waals surface area contributed by atoms with Gasteiger partial charge in [-0.2, -0.15) is 0 Å². The van der Waals surface area contributed by atoms with E-state index in [9.17, 15) is 19.1 Å². The number of nitrogens with zero attached hydrogens (tertiary/aromatic N) is 1. The van der Waals surface area contributed by atoms with Gasteiger partial charge in [0.15, 0.2) is 0 Å². The third-order valence-electron chi connectivity index (χ3n) is 6.31. The molecule has 0 aliphatic carbocycles. The third-order valence-corrected chi connectivity index (χ3v) is 7.39. The van der Waals surface area contributed by atoms with Gasteiger partial charge in [0.25, 0.3) is 11.7 Å². The van der Waals surface area contributed by atoms with Gasteiger partial charge in [-0.1, -0.05) is 45.0 Å². The molecule has 4 nitrogen and oxygen atoms in total. The summed E-state index contributed by atoms with van der Waals surface area (Å²) in [5.41, 5.74) is 3.96. The molecule has 1 unspecified atom stereocenters. The molecule has 0 saturated carbocycles. The largest absolute Gasteiger partial charge is 0.507 e. The van der Waals surface area contributed by atoms with Crippen molar-refractivity contribution in [1.82, 2.24) is 4.90 Å². The lowest BCUT2D eigenvalue weighted by atomic mass is 9.84. The Morgan fingerprint density at radius 1 is 1.03 bits per heavy atom. The molecule has 1 aliphatic heterocycles. The zero-order valence-corrected chi connectivity index (χ0v) is 20.8. The fourth-order valence-corrected chi connectivity index (χ4v) is 5.30. The van der Waals surface area contributed by atoms with Crippen LogP contribution in [0.4, 0.5) is 4.39 Å². The maximum Gasteiger partial charge on any atom is 0.295 e. The molecule has 1 saturated heterocycles. The number of Topliss-reactive ketones (excluding diaryl/α,β-unsaturated/α-hetero) is 1. The number of carbonyl (C=O) groups is 2. The van der Waals surface area contributed by atoms with Gasteiger partial charge in [-0.15, -0.1) is 11.3 Å². The van der Waals surface area contributed by atoms with E-state index in [2.05, 4.69) is 20.8 Å². The highest BCUT2D eigenvalue weighted by Gasteiger charge is 2.47. The zero-order valence-electron chi connectivity index (χ0n) is 20.0. The van der Waals surface area contributed by atoms with Gasteiger partial charge in [-0.25, -0.2) is 4.39 Å². The minimum Gasteiger partial charge on any atom is -0.507 e. The van der Waals surface area contributed by atoms with Crippen LogP contribution in [0.15, 0.2) is 59.5 Å². The molecule has 6 heteroatoms. The number of hydrogen-bond donors (Lipinski definition) is 1. The second-order valence-electron chi connectivity index (χ2n) is 9.80. The number of ketones is 1. The first-order chi connectivity index (χ1) is 16.0. The monoisotopic (exact) mass is 477 g/mol. The van der Waals surface area contributed by atoms with E-state index >= 15 is 0 Å². The molecule has 4 rings (SSSR count). The lowest BCUT2D eigenvalue weighted by Gasteiger charge is -2.25. The lowest BCUT2D eigenvalue weighted by molar-refractivity contribution is -0.140. The molecule has 0 radical (unpaired) electrons. The number of aliphatic hydroxyl groups excluding tert-OH is 1. The summed E-state index contributed by atoms with van der Waals surface area (Å²) < 4.78 is 13.4. The number of aryl methyl sites for hydroxylation is 2. The van der Waals surface area contributed by atoms with Crippen LogP contribution in [0.2, 0.25) is 0 Å². The van der Waals surface area contributed by atoms with Crippen molar-refractivity contribution in [2.45, 2.75) is 52.6 Å². The molecule has 1 atom stereocenters. The molecule has 176 valence electrons. The summed E-state index contributed by atoms with van der Waals surface area (Å²) in [5, 5.41) is 13.4. The molecular weight excluding hydrogens is 449 g/mol. The summed E-state index contributed by atoms with van der Waals surface area (Å²) in [6.07, 6.45) is 0. The SMILES string of the molecule is Cc1ccc(C(C)(C)C)cc1/C(O)=C1\C(=O)C(=O)N(Cc2ccc(F)cc2)C1c1sccc1C. The summed E-state index contributed by atoms with van der Waals surface area (Å²) in [7, 11) is 0. The van der Waals surface area contributed by atoms with Crippen LogP contribution in [-0.2, 0) is 21.5 Å². The van der Waals surface area contributed by atoms with Gasteiger partial charge in [-0.3, -0.25) is 9.59 Å². The maximum atomic E-state index is 13.4. The van der Waals surface area contributed by atoms with E-state index in [-0.39, 0.29) is 29.1 Å². The van der Waals surface area contributed by atoms with Gasteiger partial charge >= 0.3 is 0 Å². The number of benzene rings is 2. The predicted octanol–water partition coefficient (Wildman–Crippen LogP) is 6.42. The fourth-order valence-electron chi connectivity index (χ4n) is 4.26. The number of likely N-dealkylation sites (tertiary alicyclic amines) is 1. The summed E-state index contributed by atoms with van der Waals surface area (Å²) in [6.45, 7) is 10.2. The van der Waals surface area contributed by atoms with Gasteiger partial charge in [-0.05, 0) is 71.2 Å². The normalized spacial score (nSPS) is 18.1. The average molecular weight is 478 g/mol. The quantitative estimate of drug-likeness (QED) is 0.268. The smallest absolute Gasteiger partial charge is 0.295 e. The number of amides is 1. The first-order valence-corrected chi connectivity index (χ1v) is 12.1.